The molecule has 13 heavy (non-hydrogen) atoms. The fourth-order valence-electron chi connectivity index (χ4n) is 1.84. The lowest BCUT2D eigenvalue weighted by molar-refractivity contribution is 0.113. The van der Waals surface area contributed by atoms with Crippen molar-refractivity contribution in [3.05, 3.63) is 0 Å². The van der Waals surface area contributed by atoms with Crippen molar-refractivity contribution in [2.45, 2.75) is 51.4 Å². The van der Waals surface area contributed by atoms with Gasteiger partial charge in [-0.3, -0.25) is 0 Å². The summed E-state index contributed by atoms with van der Waals surface area (Å²) in [7, 11) is -1.45. The minimum atomic E-state index is -1.45. The van der Waals surface area contributed by atoms with Crippen LogP contribution in [-0.4, -0.2) is 14.4 Å². The van der Waals surface area contributed by atoms with Crippen molar-refractivity contribution in [3.63, 3.8) is 0 Å². The van der Waals surface area contributed by atoms with Crippen molar-refractivity contribution >= 4 is 8.32 Å². The maximum Gasteiger partial charge on any atom is 0.184 e. The second-order valence-electron chi connectivity index (χ2n) is 4.79. The summed E-state index contributed by atoms with van der Waals surface area (Å²) in [5.74, 6) is 0.153. The Hall–Kier alpha value is -0.333. The monoisotopic (exact) mass is 197 g/mol. The molecule has 1 rings (SSSR count). The fraction of sp³-hybridized carbons (Fsp3) is 0.900. The van der Waals surface area contributed by atoms with E-state index < -0.39 is 8.32 Å². The molecule has 0 saturated heterocycles. The van der Waals surface area contributed by atoms with Crippen molar-refractivity contribution in [2.75, 3.05) is 0 Å². The molecular weight excluding hydrogens is 178 g/mol. The van der Waals surface area contributed by atoms with Gasteiger partial charge in [-0.05, 0) is 32.5 Å². The van der Waals surface area contributed by atoms with Crippen LogP contribution in [0.5, 0.6) is 0 Å². The molecule has 74 valence electrons. The number of hydrogen-bond donors (Lipinski definition) is 0. The van der Waals surface area contributed by atoms with E-state index in [-0.39, 0.29) is 12.0 Å². The SMILES string of the molecule is C[Si](C)(C)O[C@@H]1CCCC[C@H]1C#N. The average molecular weight is 197 g/mol. The molecule has 2 nitrogen and oxygen atoms in total. The first-order valence-corrected chi connectivity index (χ1v) is 8.51. The van der Waals surface area contributed by atoms with Gasteiger partial charge < -0.3 is 4.43 Å². The molecule has 0 bridgehead atoms. The maximum atomic E-state index is 8.94. The van der Waals surface area contributed by atoms with E-state index in [0.29, 0.717) is 0 Å². The highest BCUT2D eigenvalue weighted by Crippen LogP contribution is 2.28. The lowest BCUT2D eigenvalue weighted by Crippen LogP contribution is -2.37. The molecule has 0 radical (unpaired) electrons. The summed E-state index contributed by atoms with van der Waals surface area (Å²) in [5, 5.41) is 8.94. The van der Waals surface area contributed by atoms with Gasteiger partial charge in [0.25, 0.3) is 0 Å². The van der Waals surface area contributed by atoms with Crippen molar-refractivity contribution in [3.8, 4) is 6.07 Å². The normalized spacial score (nSPS) is 29.7. The van der Waals surface area contributed by atoms with Gasteiger partial charge in [-0.25, -0.2) is 0 Å². The Morgan fingerprint density at radius 2 is 1.85 bits per heavy atom. The van der Waals surface area contributed by atoms with Crippen molar-refractivity contribution in [1.29, 1.82) is 5.26 Å². The molecule has 2 atom stereocenters. The van der Waals surface area contributed by atoms with Crippen LogP contribution in [0, 0.1) is 17.2 Å². The van der Waals surface area contributed by atoms with Crippen molar-refractivity contribution < 1.29 is 4.43 Å². The van der Waals surface area contributed by atoms with E-state index in [4.69, 9.17) is 9.69 Å². The first-order chi connectivity index (χ1) is 6.03. The number of hydrogen-bond acceptors (Lipinski definition) is 2. The van der Waals surface area contributed by atoms with Crippen LogP contribution in [0.2, 0.25) is 19.6 Å². The molecule has 0 amide bonds. The second kappa shape index (κ2) is 4.25. The van der Waals surface area contributed by atoms with Crippen LogP contribution in [-0.2, 0) is 4.43 Å². The third-order valence-corrected chi connectivity index (χ3v) is 3.38. The molecule has 0 N–H and O–H groups in total. The van der Waals surface area contributed by atoms with Crippen LogP contribution < -0.4 is 0 Å². The van der Waals surface area contributed by atoms with Gasteiger partial charge in [0.05, 0.1) is 18.1 Å². The first kappa shape index (κ1) is 10.7. The lowest BCUT2D eigenvalue weighted by atomic mass is 9.88. The van der Waals surface area contributed by atoms with Crippen LogP contribution in [0.3, 0.4) is 0 Å². The Bertz CT molecular complexity index is 204. The summed E-state index contributed by atoms with van der Waals surface area (Å²) in [5.41, 5.74) is 0. The number of rotatable bonds is 2. The van der Waals surface area contributed by atoms with E-state index in [2.05, 4.69) is 25.7 Å². The topological polar surface area (TPSA) is 33.0 Å². The third-order valence-electron chi connectivity index (χ3n) is 2.37. The zero-order valence-corrected chi connectivity index (χ0v) is 9.84. The molecule has 1 fully saturated rings. The van der Waals surface area contributed by atoms with Gasteiger partial charge in [0.15, 0.2) is 8.32 Å². The summed E-state index contributed by atoms with van der Waals surface area (Å²) in [6.45, 7) is 6.57. The molecular formula is C10H19NOSi. The summed E-state index contributed by atoms with van der Waals surface area (Å²) >= 11 is 0. The first-order valence-electron chi connectivity index (χ1n) is 5.10. The Labute approximate surface area is 82.0 Å². The zero-order valence-electron chi connectivity index (χ0n) is 8.84. The van der Waals surface area contributed by atoms with Gasteiger partial charge in [-0.1, -0.05) is 12.8 Å². The molecule has 1 aliphatic rings. The smallest absolute Gasteiger partial charge is 0.184 e. The highest BCUT2D eigenvalue weighted by Gasteiger charge is 2.29. The van der Waals surface area contributed by atoms with Gasteiger partial charge >= 0.3 is 0 Å². The fourth-order valence-corrected chi connectivity index (χ4v) is 3.03. The highest BCUT2D eigenvalue weighted by atomic mass is 28.4. The van der Waals surface area contributed by atoms with E-state index in [1.165, 1.54) is 12.8 Å². The van der Waals surface area contributed by atoms with E-state index in [9.17, 15) is 0 Å². The summed E-state index contributed by atoms with van der Waals surface area (Å²) in [6.07, 6.45) is 4.77. The molecule has 0 heterocycles. The average Bonchev–Trinajstić information content (AvgIpc) is 2.02. The van der Waals surface area contributed by atoms with Crippen LogP contribution in [0.15, 0.2) is 0 Å². The van der Waals surface area contributed by atoms with Crippen LogP contribution >= 0.6 is 0 Å². The predicted molar refractivity (Wildman–Crippen MR) is 55.8 cm³/mol. The maximum absolute atomic E-state index is 8.94. The zero-order chi connectivity index (χ0) is 9.90. The van der Waals surface area contributed by atoms with Gasteiger partial charge in [-0.15, -0.1) is 0 Å². The summed E-state index contributed by atoms with van der Waals surface area (Å²) in [6, 6.07) is 2.37. The van der Waals surface area contributed by atoms with Crippen LogP contribution in [0.1, 0.15) is 25.7 Å². The van der Waals surface area contributed by atoms with E-state index in [0.717, 1.165) is 12.8 Å². The molecule has 0 aromatic carbocycles. The number of nitriles is 1. The minimum absolute atomic E-state index is 0.153. The van der Waals surface area contributed by atoms with Gasteiger partial charge in [0.2, 0.25) is 0 Å². The minimum Gasteiger partial charge on any atom is -0.413 e. The quantitative estimate of drug-likeness (QED) is 0.638. The molecule has 1 aliphatic carbocycles. The van der Waals surface area contributed by atoms with E-state index >= 15 is 0 Å². The molecule has 0 unspecified atom stereocenters. The molecule has 1 saturated carbocycles. The molecule has 0 spiro atoms. The standard InChI is InChI=1S/C10H19NOSi/c1-13(2,3)12-10-7-5-4-6-9(10)8-11/h9-10H,4-7H2,1-3H3/t9-,10+/m0/s1. The van der Waals surface area contributed by atoms with E-state index in [1.54, 1.807) is 0 Å². The van der Waals surface area contributed by atoms with Crippen LogP contribution in [0.25, 0.3) is 0 Å². The lowest BCUT2D eigenvalue weighted by Gasteiger charge is -2.32. The third kappa shape index (κ3) is 3.49. The van der Waals surface area contributed by atoms with Crippen molar-refractivity contribution in [1.82, 2.24) is 0 Å². The van der Waals surface area contributed by atoms with Crippen LogP contribution in [0.4, 0.5) is 0 Å². The number of nitrogens with zero attached hydrogens (tertiary/aromatic N) is 1. The molecule has 3 heteroatoms. The second-order valence-corrected chi connectivity index (χ2v) is 9.25. The molecule has 0 aromatic rings. The Morgan fingerprint density at radius 1 is 1.23 bits per heavy atom. The Morgan fingerprint density at radius 3 is 2.38 bits per heavy atom. The molecule has 0 aliphatic heterocycles. The van der Waals surface area contributed by atoms with Crippen molar-refractivity contribution in [2.24, 2.45) is 5.92 Å². The Balaban J connectivity index is 2.51. The van der Waals surface area contributed by atoms with E-state index in [1.807, 2.05) is 0 Å². The summed E-state index contributed by atoms with van der Waals surface area (Å²) in [4.78, 5) is 0. The largest absolute Gasteiger partial charge is 0.413 e. The van der Waals surface area contributed by atoms with Gasteiger partial charge in [0.1, 0.15) is 0 Å². The molecule has 0 aromatic heterocycles. The summed E-state index contributed by atoms with van der Waals surface area (Å²) < 4.78 is 6.00. The predicted octanol–water partition coefficient (Wildman–Crippen LogP) is 2.92. The van der Waals surface area contributed by atoms with Gasteiger partial charge in [0, 0.05) is 0 Å². The Kier molecular flexibility index (Phi) is 3.52. The highest BCUT2D eigenvalue weighted by molar-refractivity contribution is 6.69. The van der Waals surface area contributed by atoms with Gasteiger partial charge in [-0.2, -0.15) is 5.26 Å².